The highest BCUT2D eigenvalue weighted by atomic mass is 32.2. The summed E-state index contributed by atoms with van der Waals surface area (Å²) >= 11 is 1.94. The first-order valence-corrected chi connectivity index (χ1v) is 5.20. The summed E-state index contributed by atoms with van der Waals surface area (Å²) in [6, 6.07) is 0.407. The monoisotopic (exact) mass is 170 g/mol. The van der Waals surface area contributed by atoms with Gasteiger partial charge in [0.25, 0.3) is 0 Å². The Labute approximate surface area is 71.4 Å². The van der Waals surface area contributed by atoms with Crippen LogP contribution >= 0.6 is 11.8 Å². The summed E-state index contributed by atoms with van der Waals surface area (Å²) in [4.78, 5) is 0. The predicted molar refractivity (Wildman–Crippen MR) is 49.3 cm³/mol. The third kappa shape index (κ3) is 1.32. The number of hydrogen-bond donors (Lipinski definition) is 2. The highest BCUT2D eigenvalue weighted by molar-refractivity contribution is 8.01. The van der Waals surface area contributed by atoms with Crippen molar-refractivity contribution in [3.8, 4) is 0 Å². The van der Waals surface area contributed by atoms with Crippen LogP contribution < -0.4 is 5.73 Å². The van der Waals surface area contributed by atoms with E-state index in [0.29, 0.717) is 16.5 Å². The number of nitrogens with two attached hydrogens (primary N) is 1. The topological polar surface area (TPSA) is 49.9 Å². The summed E-state index contributed by atoms with van der Waals surface area (Å²) in [7, 11) is 0. The zero-order valence-electron chi connectivity index (χ0n) is 6.55. The van der Waals surface area contributed by atoms with E-state index in [9.17, 15) is 0 Å². The van der Waals surface area contributed by atoms with E-state index in [1.807, 2.05) is 11.8 Å². The maximum Gasteiger partial charge on any atom is 0.0427 e. The van der Waals surface area contributed by atoms with Crippen LogP contribution in [0.2, 0.25) is 0 Å². The van der Waals surface area contributed by atoms with Crippen LogP contribution in [-0.2, 0) is 0 Å². The van der Waals surface area contributed by atoms with Crippen LogP contribution in [0.15, 0.2) is 0 Å². The molecule has 3 heteroatoms. The van der Waals surface area contributed by atoms with Crippen LogP contribution in [-0.4, -0.2) is 22.3 Å². The first kappa shape index (κ1) is 7.62. The van der Waals surface area contributed by atoms with Gasteiger partial charge in [-0.1, -0.05) is 0 Å². The molecule has 0 aromatic carbocycles. The minimum atomic E-state index is 0.407. The van der Waals surface area contributed by atoms with E-state index in [2.05, 4.69) is 0 Å². The summed E-state index contributed by atoms with van der Waals surface area (Å²) < 4.78 is 0. The Morgan fingerprint density at radius 3 is 3.00 bits per heavy atom. The van der Waals surface area contributed by atoms with Gasteiger partial charge in [-0.2, -0.15) is 0 Å². The zero-order chi connectivity index (χ0) is 7.84. The average Bonchev–Trinajstić information content (AvgIpc) is 2.02. The summed E-state index contributed by atoms with van der Waals surface area (Å²) in [5, 5.41) is 8.85. The molecule has 0 amide bonds. The molecular weight excluding hydrogens is 156 g/mol. The van der Waals surface area contributed by atoms with Gasteiger partial charge in [-0.05, 0) is 25.7 Å². The minimum absolute atomic E-state index is 0.407. The molecular formula is C8H14N2S. The van der Waals surface area contributed by atoms with E-state index >= 15 is 0 Å². The van der Waals surface area contributed by atoms with E-state index in [1.54, 1.807) is 0 Å². The lowest BCUT2D eigenvalue weighted by molar-refractivity contribution is 0.514. The lowest BCUT2D eigenvalue weighted by atomic mass is 9.94. The SMILES string of the molecule is N=C1CCC2SC1CCC2N. The van der Waals surface area contributed by atoms with E-state index in [-0.39, 0.29) is 0 Å². The Bertz CT molecular complexity index is 181. The van der Waals surface area contributed by atoms with Gasteiger partial charge in [-0.25, -0.2) is 0 Å². The molecule has 62 valence electrons. The minimum Gasteiger partial charge on any atom is -0.327 e. The van der Waals surface area contributed by atoms with Crippen molar-refractivity contribution < 1.29 is 0 Å². The zero-order valence-corrected chi connectivity index (χ0v) is 7.36. The van der Waals surface area contributed by atoms with Gasteiger partial charge in [0, 0.05) is 22.3 Å². The largest absolute Gasteiger partial charge is 0.327 e. The van der Waals surface area contributed by atoms with E-state index < -0.39 is 0 Å². The number of fused-ring (bicyclic) bond motifs is 2. The van der Waals surface area contributed by atoms with Crippen LogP contribution in [0.25, 0.3) is 0 Å². The van der Waals surface area contributed by atoms with Gasteiger partial charge in [-0.15, -0.1) is 11.8 Å². The Morgan fingerprint density at radius 2 is 2.18 bits per heavy atom. The van der Waals surface area contributed by atoms with Gasteiger partial charge in [0.05, 0.1) is 0 Å². The van der Waals surface area contributed by atoms with Crippen LogP contribution in [0.3, 0.4) is 0 Å². The highest BCUT2D eigenvalue weighted by Crippen LogP contribution is 2.38. The first-order chi connectivity index (χ1) is 5.27. The van der Waals surface area contributed by atoms with Crippen LogP contribution in [0.4, 0.5) is 0 Å². The molecule has 2 bridgehead atoms. The normalized spacial score (nSPS) is 44.1. The fourth-order valence-corrected chi connectivity index (χ4v) is 3.48. The van der Waals surface area contributed by atoms with Crippen molar-refractivity contribution in [3.63, 3.8) is 0 Å². The summed E-state index contributed by atoms with van der Waals surface area (Å²) in [5.74, 6) is 0. The Morgan fingerprint density at radius 1 is 1.36 bits per heavy atom. The summed E-state index contributed by atoms with van der Waals surface area (Å²) in [6.45, 7) is 0. The van der Waals surface area contributed by atoms with Crippen molar-refractivity contribution in [2.45, 2.75) is 42.2 Å². The average molecular weight is 170 g/mol. The number of thioether (sulfide) groups is 1. The van der Waals surface area contributed by atoms with Gasteiger partial charge >= 0.3 is 0 Å². The summed E-state index contributed by atoms with van der Waals surface area (Å²) in [6.07, 6.45) is 4.41. The van der Waals surface area contributed by atoms with Gasteiger partial charge in [0.15, 0.2) is 0 Å². The van der Waals surface area contributed by atoms with Crippen molar-refractivity contribution in [1.82, 2.24) is 0 Å². The van der Waals surface area contributed by atoms with Crippen molar-refractivity contribution in [3.05, 3.63) is 0 Å². The Hall–Kier alpha value is -0.0200. The maximum atomic E-state index is 7.67. The molecule has 2 aliphatic heterocycles. The molecule has 3 N–H and O–H groups in total. The number of hydrogen-bond acceptors (Lipinski definition) is 3. The molecule has 0 radical (unpaired) electrons. The van der Waals surface area contributed by atoms with Crippen molar-refractivity contribution >= 4 is 17.5 Å². The second kappa shape index (κ2) is 2.79. The molecule has 2 rings (SSSR count). The van der Waals surface area contributed by atoms with Crippen LogP contribution in [0.5, 0.6) is 0 Å². The molecule has 0 aliphatic carbocycles. The Kier molecular flexibility index (Phi) is 1.93. The molecule has 2 heterocycles. The molecule has 2 saturated heterocycles. The molecule has 2 nitrogen and oxygen atoms in total. The molecule has 2 fully saturated rings. The highest BCUT2D eigenvalue weighted by Gasteiger charge is 2.34. The molecule has 3 atom stereocenters. The molecule has 0 aromatic rings. The second-order valence-corrected chi connectivity index (χ2v) is 4.91. The van der Waals surface area contributed by atoms with Crippen molar-refractivity contribution in [2.24, 2.45) is 5.73 Å². The molecule has 0 saturated carbocycles. The summed E-state index contributed by atoms with van der Waals surface area (Å²) in [5.41, 5.74) is 6.90. The fraction of sp³-hybridized carbons (Fsp3) is 0.875. The Balaban J connectivity index is 2.08. The predicted octanol–water partition coefficient (Wildman–Crippen LogP) is 1.39. The van der Waals surface area contributed by atoms with E-state index in [4.69, 9.17) is 11.1 Å². The number of rotatable bonds is 0. The molecule has 3 unspecified atom stereocenters. The van der Waals surface area contributed by atoms with Gasteiger partial charge in [-0.3, -0.25) is 0 Å². The van der Waals surface area contributed by atoms with E-state index in [1.165, 1.54) is 0 Å². The lowest BCUT2D eigenvalue weighted by Gasteiger charge is -2.38. The van der Waals surface area contributed by atoms with Crippen molar-refractivity contribution in [2.75, 3.05) is 0 Å². The molecule has 11 heavy (non-hydrogen) atoms. The van der Waals surface area contributed by atoms with Gasteiger partial charge < -0.3 is 11.1 Å². The third-order valence-corrected chi connectivity index (χ3v) is 4.45. The first-order valence-electron chi connectivity index (χ1n) is 4.26. The standard InChI is InChI=1S/C8H14N2S/c9-5-1-3-7-6(10)2-4-8(5)11-7/h5,7-8,10H,1-4,9H2. The second-order valence-electron chi connectivity index (χ2n) is 3.47. The number of nitrogens with one attached hydrogen (secondary N) is 1. The van der Waals surface area contributed by atoms with E-state index in [0.717, 1.165) is 31.4 Å². The fourth-order valence-electron chi connectivity index (χ4n) is 1.91. The molecule has 0 aromatic heterocycles. The van der Waals surface area contributed by atoms with Crippen LogP contribution in [0.1, 0.15) is 25.7 Å². The smallest absolute Gasteiger partial charge is 0.0427 e. The molecule has 2 aliphatic rings. The van der Waals surface area contributed by atoms with Crippen molar-refractivity contribution in [1.29, 1.82) is 5.41 Å². The molecule has 0 spiro atoms. The maximum absolute atomic E-state index is 7.67. The third-order valence-electron chi connectivity index (χ3n) is 2.67. The van der Waals surface area contributed by atoms with Gasteiger partial charge in [0.1, 0.15) is 0 Å². The van der Waals surface area contributed by atoms with Gasteiger partial charge in [0.2, 0.25) is 0 Å². The lowest BCUT2D eigenvalue weighted by Crippen LogP contribution is -2.43. The van der Waals surface area contributed by atoms with Crippen LogP contribution in [0, 0.1) is 5.41 Å². The quantitative estimate of drug-likeness (QED) is 0.577.